The second-order valence-corrected chi connectivity index (χ2v) is 4.59. The lowest BCUT2D eigenvalue weighted by atomic mass is 9.90. The number of nitrogens with one attached hydrogen (secondary N) is 2. The van der Waals surface area contributed by atoms with Gasteiger partial charge < -0.3 is 10.6 Å². The Bertz CT molecular complexity index is 166. The minimum absolute atomic E-state index is 0.767. The predicted molar refractivity (Wildman–Crippen MR) is 59.5 cm³/mol. The van der Waals surface area contributed by atoms with Crippen molar-refractivity contribution in [2.75, 3.05) is 33.2 Å². The Morgan fingerprint density at radius 1 is 1.21 bits per heavy atom. The van der Waals surface area contributed by atoms with E-state index >= 15 is 0 Å². The summed E-state index contributed by atoms with van der Waals surface area (Å²) in [6.45, 7) is 4.86. The fourth-order valence-electron chi connectivity index (χ4n) is 2.81. The Morgan fingerprint density at radius 3 is 2.71 bits per heavy atom. The molecule has 2 atom stereocenters. The molecule has 1 heterocycles. The number of hydrogen-bond acceptors (Lipinski definition) is 3. The Hall–Kier alpha value is -0.120. The normalized spacial score (nSPS) is 35.8. The standard InChI is InChI=1S/C11H23N3/c1-12-10-3-2-4-11(9-10)14-7-5-13-6-8-14/h10-13H,2-9H2,1H3/t10-,11+/m0/s1. The Labute approximate surface area is 87.2 Å². The van der Waals surface area contributed by atoms with Crippen LogP contribution in [0.3, 0.4) is 0 Å². The molecule has 0 amide bonds. The van der Waals surface area contributed by atoms with Crippen molar-refractivity contribution < 1.29 is 0 Å². The van der Waals surface area contributed by atoms with Crippen LogP contribution in [0.4, 0.5) is 0 Å². The fraction of sp³-hybridized carbons (Fsp3) is 1.00. The van der Waals surface area contributed by atoms with Gasteiger partial charge >= 0.3 is 0 Å². The average molecular weight is 197 g/mol. The molecule has 0 radical (unpaired) electrons. The molecule has 1 saturated heterocycles. The van der Waals surface area contributed by atoms with Crippen molar-refractivity contribution in [2.24, 2.45) is 0 Å². The Balaban J connectivity index is 1.83. The van der Waals surface area contributed by atoms with Gasteiger partial charge in [-0.25, -0.2) is 0 Å². The summed E-state index contributed by atoms with van der Waals surface area (Å²) in [5, 5.41) is 6.85. The minimum Gasteiger partial charge on any atom is -0.317 e. The summed E-state index contributed by atoms with van der Waals surface area (Å²) in [6, 6.07) is 1.62. The summed E-state index contributed by atoms with van der Waals surface area (Å²) >= 11 is 0. The van der Waals surface area contributed by atoms with Crippen LogP contribution in [0.1, 0.15) is 25.7 Å². The van der Waals surface area contributed by atoms with Crippen LogP contribution in [0.5, 0.6) is 0 Å². The SMILES string of the molecule is CN[C@H]1CCC[C@@H](N2CCNCC2)C1. The van der Waals surface area contributed by atoms with Gasteiger partial charge in [-0.2, -0.15) is 0 Å². The third-order valence-corrected chi connectivity index (χ3v) is 3.72. The Kier molecular flexibility index (Phi) is 3.79. The molecule has 3 nitrogen and oxygen atoms in total. The molecule has 0 aromatic rings. The highest BCUT2D eigenvalue weighted by molar-refractivity contribution is 4.85. The van der Waals surface area contributed by atoms with Gasteiger partial charge in [-0.3, -0.25) is 4.90 Å². The lowest BCUT2D eigenvalue weighted by Crippen LogP contribution is -2.51. The second-order valence-electron chi connectivity index (χ2n) is 4.59. The van der Waals surface area contributed by atoms with Crippen molar-refractivity contribution in [2.45, 2.75) is 37.8 Å². The van der Waals surface area contributed by atoms with E-state index in [0.29, 0.717) is 0 Å². The Morgan fingerprint density at radius 2 is 2.00 bits per heavy atom. The monoisotopic (exact) mass is 197 g/mol. The first-order valence-electron chi connectivity index (χ1n) is 6.02. The highest BCUT2D eigenvalue weighted by atomic mass is 15.2. The van der Waals surface area contributed by atoms with Crippen LogP contribution in [-0.2, 0) is 0 Å². The summed E-state index contributed by atoms with van der Waals surface area (Å²) < 4.78 is 0. The molecular formula is C11H23N3. The van der Waals surface area contributed by atoms with Crippen molar-refractivity contribution >= 4 is 0 Å². The summed E-state index contributed by atoms with van der Waals surface area (Å²) in [7, 11) is 2.10. The third kappa shape index (κ3) is 2.47. The molecule has 2 fully saturated rings. The van der Waals surface area contributed by atoms with Gasteiger partial charge in [0.2, 0.25) is 0 Å². The van der Waals surface area contributed by atoms with E-state index in [1.54, 1.807) is 0 Å². The molecule has 3 heteroatoms. The van der Waals surface area contributed by atoms with E-state index in [-0.39, 0.29) is 0 Å². The molecule has 1 aliphatic heterocycles. The maximum atomic E-state index is 3.43. The van der Waals surface area contributed by atoms with E-state index < -0.39 is 0 Å². The number of nitrogens with zero attached hydrogens (tertiary/aromatic N) is 1. The quantitative estimate of drug-likeness (QED) is 0.672. The van der Waals surface area contributed by atoms with Crippen molar-refractivity contribution in [3.8, 4) is 0 Å². The van der Waals surface area contributed by atoms with Gasteiger partial charge in [-0.05, 0) is 26.3 Å². The van der Waals surface area contributed by atoms with Gasteiger partial charge in [-0.15, -0.1) is 0 Å². The summed E-state index contributed by atoms with van der Waals surface area (Å²) in [6.07, 6.45) is 5.55. The van der Waals surface area contributed by atoms with Gasteiger partial charge in [0.05, 0.1) is 0 Å². The summed E-state index contributed by atoms with van der Waals surface area (Å²) in [5.74, 6) is 0. The van der Waals surface area contributed by atoms with E-state index in [4.69, 9.17) is 0 Å². The largest absolute Gasteiger partial charge is 0.317 e. The van der Waals surface area contributed by atoms with Gasteiger partial charge in [0.15, 0.2) is 0 Å². The van der Waals surface area contributed by atoms with Gasteiger partial charge in [0, 0.05) is 38.3 Å². The van der Waals surface area contributed by atoms with E-state index in [1.807, 2.05) is 0 Å². The highest BCUT2D eigenvalue weighted by Gasteiger charge is 2.26. The van der Waals surface area contributed by atoms with Crippen LogP contribution in [0.25, 0.3) is 0 Å². The highest BCUT2D eigenvalue weighted by Crippen LogP contribution is 2.23. The first-order chi connectivity index (χ1) is 6.90. The zero-order valence-electron chi connectivity index (χ0n) is 9.26. The minimum atomic E-state index is 0.767. The predicted octanol–water partition coefficient (Wildman–Crippen LogP) is 0.422. The van der Waals surface area contributed by atoms with Crippen molar-refractivity contribution in [1.29, 1.82) is 0 Å². The third-order valence-electron chi connectivity index (χ3n) is 3.72. The van der Waals surface area contributed by atoms with Crippen molar-refractivity contribution in [3.05, 3.63) is 0 Å². The lowest BCUT2D eigenvalue weighted by Gasteiger charge is -2.39. The van der Waals surface area contributed by atoms with Gasteiger partial charge in [0.1, 0.15) is 0 Å². The number of rotatable bonds is 2. The van der Waals surface area contributed by atoms with Gasteiger partial charge in [0.25, 0.3) is 0 Å². The summed E-state index contributed by atoms with van der Waals surface area (Å²) in [5.41, 5.74) is 0. The average Bonchev–Trinajstić information content (AvgIpc) is 2.30. The molecule has 2 rings (SSSR count). The fourth-order valence-corrected chi connectivity index (χ4v) is 2.81. The molecule has 2 N–H and O–H groups in total. The molecule has 0 aromatic carbocycles. The second kappa shape index (κ2) is 5.10. The maximum absolute atomic E-state index is 3.43. The van der Waals surface area contributed by atoms with E-state index in [9.17, 15) is 0 Å². The summed E-state index contributed by atoms with van der Waals surface area (Å²) in [4.78, 5) is 2.68. The van der Waals surface area contributed by atoms with Crippen LogP contribution >= 0.6 is 0 Å². The van der Waals surface area contributed by atoms with Crippen LogP contribution in [-0.4, -0.2) is 50.2 Å². The first-order valence-corrected chi connectivity index (χ1v) is 6.02. The molecule has 2 aliphatic rings. The molecule has 0 bridgehead atoms. The molecule has 0 spiro atoms. The van der Waals surface area contributed by atoms with Crippen molar-refractivity contribution in [1.82, 2.24) is 15.5 Å². The number of hydrogen-bond donors (Lipinski definition) is 2. The topological polar surface area (TPSA) is 27.3 Å². The molecular weight excluding hydrogens is 174 g/mol. The van der Waals surface area contributed by atoms with Gasteiger partial charge in [-0.1, -0.05) is 6.42 Å². The van der Waals surface area contributed by atoms with Crippen LogP contribution in [0.15, 0.2) is 0 Å². The van der Waals surface area contributed by atoms with E-state index in [0.717, 1.165) is 12.1 Å². The molecule has 0 aromatic heterocycles. The van der Waals surface area contributed by atoms with Crippen molar-refractivity contribution in [3.63, 3.8) is 0 Å². The number of piperazine rings is 1. The maximum Gasteiger partial charge on any atom is 0.0111 e. The lowest BCUT2D eigenvalue weighted by molar-refractivity contribution is 0.126. The molecule has 1 aliphatic carbocycles. The zero-order chi connectivity index (χ0) is 9.80. The first kappa shape index (κ1) is 10.4. The smallest absolute Gasteiger partial charge is 0.0111 e. The molecule has 14 heavy (non-hydrogen) atoms. The molecule has 82 valence electrons. The van der Waals surface area contributed by atoms with E-state index in [2.05, 4.69) is 22.6 Å². The van der Waals surface area contributed by atoms with Crippen LogP contribution in [0.2, 0.25) is 0 Å². The van der Waals surface area contributed by atoms with E-state index in [1.165, 1.54) is 51.9 Å². The molecule has 0 unspecified atom stereocenters. The van der Waals surface area contributed by atoms with Crippen LogP contribution in [0, 0.1) is 0 Å². The zero-order valence-corrected chi connectivity index (χ0v) is 9.26. The van der Waals surface area contributed by atoms with Crippen LogP contribution < -0.4 is 10.6 Å². The molecule has 1 saturated carbocycles.